The zero-order valence-corrected chi connectivity index (χ0v) is 16.9. The van der Waals surface area contributed by atoms with Crippen molar-refractivity contribution in [2.45, 2.75) is 33.1 Å². The number of benzene rings is 2. The minimum absolute atomic E-state index is 0.258. The third-order valence-corrected chi connectivity index (χ3v) is 4.90. The summed E-state index contributed by atoms with van der Waals surface area (Å²) in [4.78, 5) is 39.2. The van der Waals surface area contributed by atoms with Crippen LogP contribution in [-0.4, -0.2) is 37.5 Å². The highest BCUT2D eigenvalue weighted by Crippen LogP contribution is 2.30. The number of carbonyl (C=O) groups is 3. The van der Waals surface area contributed by atoms with E-state index in [1.54, 1.807) is 24.3 Å². The number of para-hydroxylation sites is 1. The van der Waals surface area contributed by atoms with Crippen LogP contribution in [0.15, 0.2) is 42.5 Å². The lowest BCUT2D eigenvalue weighted by Crippen LogP contribution is -2.30. The number of rotatable bonds is 9. The monoisotopic (exact) mass is 394 g/mol. The van der Waals surface area contributed by atoms with E-state index in [1.807, 2.05) is 19.1 Å². The van der Waals surface area contributed by atoms with E-state index >= 15 is 0 Å². The molecule has 1 N–H and O–H groups in total. The molecule has 0 saturated carbocycles. The highest BCUT2D eigenvalue weighted by molar-refractivity contribution is 6.35. The van der Waals surface area contributed by atoms with Crippen molar-refractivity contribution in [2.75, 3.05) is 24.7 Å². The number of nitrogens with one attached hydrogen (secondary N) is 1. The number of hydrogen-bond acceptors (Lipinski definition) is 4. The van der Waals surface area contributed by atoms with E-state index in [0.29, 0.717) is 30.0 Å². The van der Waals surface area contributed by atoms with Gasteiger partial charge < -0.3 is 10.1 Å². The summed E-state index contributed by atoms with van der Waals surface area (Å²) < 4.78 is 5.47. The molecule has 152 valence electrons. The quantitative estimate of drug-likeness (QED) is 0.519. The van der Waals surface area contributed by atoms with Gasteiger partial charge in [-0.15, -0.1) is 0 Å². The average molecular weight is 394 g/mol. The van der Waals surface area contributed by atoms with E-state index in [2.05, 4.69) is 12.2 Å². The Balaban J connectivity index is 1.65. The summed E-state index contributed by atoms with van der Waals surface area (Å²) in [6, 6.07) is 11.9. The first-order valence-electron chi connectivity index (χ1n) is 9.99. The second kappa shape index (κ2) is 9.47. The van der Waals surface area contributed by atoms with E-state index in [4.69, 9.17) is 4.74 Å². The molecule has 1 aliphatic heterocycles. The molecule has 3 rings (SSSR count). The van der Waals surface area contributed by atoms with Crippen LogP contribution in [-0.2, 0) is 4.74 Å². The van der Waals surface area contributed by atoms with Crippen LogP contribution in [0.4, 0.5) is 5.69 Å². The van der Waals surface area contributed by atoms with E-state index in [1.165, 1.54) is 11.0 Å². The number of ether oxygens (including phenoxy) is 1. The van der Waals surface area contributed by atoms with Crippen LogP contribution in [0.5, 0.6) is 0 Å². The van der Waals surface area contributed by atoms with E-state index in [0.717, 1.165) is 31.4 Å². The van der Waals surface area contributed by atoms with E-state index < -0.39 is 5.91 Å². The molecule has 6 nitrogen and oxygen atoms in total. The predicted octanol–water partition coefficient (Wildman–Crippen LogP) is 3.73. The summed E-state index contributed by atoms with van der Waals surface area (Å²) in [5.74, 6) is -1.04. The molecule has 0 aromatic heterocycles. The Labute approximate surface area is 170 Å². The summed E-state index contributed by atoms with van der Waals surface area (Å²) in [7, 11) is 0. The first kappa shape index (κ1) is 20.7. The molecular weight excluding hydrogens is 368 g/mol. The largest absolute Gasteiger partial charge is 0.381 e. The molecule has 29 heavy (non-hydrogen) atoms. The van der Waals surface area contributed by atoms with Crippen molar-refractivity contribution in [1.29, 1.82) is 0 Å². The molecule has 1 heterocycles. The number of carbonyl (C=O) groups excluding carboxylic acids is 3. The van der Waals surface area contributed by atoms with Crippen molar-refractivity contribution in [3.8, 4) is 0 Å². The smallest absolute Gasteiger partial charge is 0.266 e. The Morgan fingerprint density at radius 1 is 1.00 bits per heavy atom. The average Bonchev–Trinajstić information content (AvgIpc) is 2.97. The molecule has 3 amide bonds. The van der Waals surface area contributed by atoms with Gasteiger partial charge in [-0.1, -0.05) is 31.5 Å². The Morgan fingerprint density at radius 3 is 2.48 bits per heavy atom. The van der Waals surface area contributed by atoms with Gasteiger partial charge in [0.25, 0.3) is 17.7 Å². The number of unbranched alkanes of at least 4 members (excludes halogenated alkanes) is 1. The zero-order chi connectivity index (χ0) is 20.8. The Hall–Kier alpha value is -2.99. The summed E-state index contributed by atoms with van der Waals surface area (Å²) in [6.07, 6.45) is 2.85. The number of nitrogens with zero attached hydrogens (tertiary/aromatic N) is 1. The summed E-state index contributed by atoms with van der Waals surface area (Å²) in [5, 5.41) is 2.83. The number of aryl methyl sites for hydroxylation is 1. The normalized spacial score (nSPS) is 13.0. The lowest BCUT2D eigenvalue weighted by Gasteiger charge is -2.16. The van der Waals surface area contributed by atoms with Gasteiger partial charge in [-0.3, -0.25) is 14.4 Å². The lowest BCUT2D eigenvalue weighted by atomic mass is 10.1. The van der Waals surface area contributed by atoms with Crippen molar-refractivity contribution in [3.05, 3.63) is 64.7 Å². The molecule has 0 saturated heterocycles. The SMILES string of the molecule is CCCCOCCCNC(=O)c1ccc2c(c1)C(=O)N(c1ccccc1C)C2=O. The molecule has 0 unspecified atom stereocenters. The van der Waals surface area contributed by atoms with Crippen molar-refractivity contribution in [3.63, 3.8) is 0 Å². The van der Waals surface area contributed by atoms with Crippen molar-refractivity contribution >= 4 is 23.4 Å². The van der Waals surface area contributed by atoms with Gasteiger partial charge in [0, 0.05) is 25.3 Å². The van der Waals surface area contributed by atoms with Crippen molar-refractivity contribution in [1.82, 2.24) is 5.32 Å². The molecule has 0 atom stereocenters. The highest BCUT2D eigenvalue weighted by atomic mass is 16.5. The summed E-state index contributed by atoms with van der Waals surface area (Å²) in [6.45, 7) is 5.79. The van der Waals surface area contributed by atoms with Gasteiger partial charge in [0.05, 0.1) is 16.8 Å². The maximum absolute atomic E-state index is 12.9. The molecular formula is C23H26N2O4. The van der Waals surface area contributed by atoms with Gasteiger partial charge in [-0.05, 0) is 49.6 Å². The van der Waals surface area contributed by atoms with Gasteiger partial charge in [0.2, 0.25) is 0 Å². The van der Waals surface area contributed by atoms with Gasteiger partial charge in [0.15, 0.2) is 0 Å². The first-order valence-corrected chi connectivity index (χ1v) is 9.99. The molecule has 0 radical (unpaired) electrons. The highest BCUT2D eigenvalue weighted by Gasteiger charge is 2.37. The Morgan fingerprint density at radius 2 is 1.72 bits per heavy atom. The van der Waals surface area contributed by atoms with Crippen LogP contribution in [0.2, 0.25) is 0 Å². The predicted molar refractivity (Wildman–Crippen MR) is 111 cm³/mol. The third-order valence-electron chi connectivity index (χ3n) is 4.90. The number of amides is 3. The fourth-order valence-electron chi connectivity index (χ4n) is 3.24. The van der Waals surface area contributed by atoms with Crippen LogP contribution in [0.3, 0.4) is 0 Å². The van der Waals surface area contributed by atoms with Gasteiger partial charge in [-0.2, -0.15) is 0 Å². The fourth-order valence-corrected chi connectivity index (χ4v) is 3.24. The van der Waals surface area contributed by atoms with E-state index in [-0.39, 0.29) is 17.4 Å². The molecule has 2 aromatic rings. The zero-order valence-electron chi connectivity index (χ0n) is 16.9. The van der Waals surface area contributed by atoms with Crippen LogP contribution < -0.4 is 10.2 Å². The number of imide groups is 1. The maximum Gasteiger partial charge on any atom is 0.266 e. The standard InChI is InChI=1S/C23H26N2O4/c1-3-4-13-29-14-7-12-24-21(26)17-10-11-18-19(15-17)23(28)25(22(18)27)20-9-6-5-8-16(20)2/h5-6,8-11,15H,3-4,7,12-14H2,1-2H3,(H,24,26). The molecule has 0 aliphatic carbocycles. The second-order valence-electron chi connectivity index (χ2n) is 7.07. The number of hydrogen-bond donors (Lipinski definition) is 1. The maximum atomic E-state index is 12.9. The molecule has 1 aliphatic rings. The minimum Gasteiger partial charge on any atom is -0.381 e. The van der Waals surface area contributed by atoms with Gasteiger partial charge in [-0.25, -0.2) is 4.90 Å². The van der Waals surface area contributed by atoms with Gasteiger partial charge in [0.1, 0.15) is 0 Å². The lowest BCUT2D eigenvalue weighted by molar-refractivity contribution is 0.0921. The van der Waals surface area contributed by atoms with Crippen molar-refractivity contribution < 1.29 is 19.1 Å². The van der Waals surface area contributed by atoms with Crippen molar-refractivity contribution in [2.24, 2.45) is 0 Å². The minimum atomic E-state index is -0.404. The molecule has 2 aromatic carbocycles. The van der Waals surface area contributed by atoms with Crippen LogP contribution in [0.25, 0.3) is 0 Å². The molecule has 0 spiro atoms. The second-order valence-corrected chi connectivity index (χ2v) is 7.07. The topological polar surface area (TPSA) is 75.7 Å². The van der Waals surface area contributed by atoms with E-state index in [9.17, 15) is 14.4 Å². The fraction of sp³-hybridized carbons (Fsp3) is 0.348. The number of anilines is 1. The number of fused-ring (bicyclic) bond motifs is 1. The molecule has 0 fully saturated rings. The Bertz CT molecular complexity index is 923. The van der Waals surface area contributed by atoms with Crippen LogP contribution in [0, 0.1) is 6.92 Å². The summed E-state index contributed by atoms with van der Waals surface area (Å²) >= 11 is 0. The van der Waals surface area contributed by atoms with Crippen LogP contribution in [0.1, 0.15) is 62.8 Å². The van der Waals surface area contributed by atoms with Gasteiger partial charge >= 0.3 is 0 Å². The summed E-state index contributed by atoms with van der Waals surface area (Å²) in [5.41, 5.74) is 2.34. The first-order chi connectivity index (χ1) is 14.0. The molecule has 6 heteroatoms. The Kier molecular flexibility index (Phi) is 6.77. The molecule has 0 bridgehead atoms. The third kappa shape index (κ3) is 4.54. The van der Waals surface area contributed by atoms with Crippen LogP contribution >= 0.6 is 0 Å².